The lowest BCUT2D eigenvalue weighted by Gasteiger charge is -2.29. The van der Waals surface area contributed by atoms with Crippen LogP contribution in [0.3, 0.4) is 0 Å². The van der Waals surface area contributed by atoms with Crippen LogP contribution in [0.15, 0.2) is 30.6 Å². The lowest BCUT2D eigenvalue weighted by Crippen LogP contribution is -2.52. The molecule has 5 amide bonds. The quantitative estimate of drug-likeness (QED) is 0.119. The number of carboxylic acid groups (broad SMARTS) is 1. The van der Waals surface area contributed by atoms with Crippen LogP contribution in [0.1, 0.15) is 84.2 Å². The number of nitrogens with zero attached hydrogens (tertiary/aromatic N) is 4. The van der Waals surface area contributed by atoms with E-state index in [0.717, 1.165) is 17.0 Å². The molecule has 2 unspecified atom stereocenters. The van der Waals surface area contributed by atoms with E-state index < -0.39 is 53.8 Å². The SMILES string of the molecule is CCC(Cn1nc(C)cc1C)C(=O)NN(CCC(=O)N[C@@H](CC(C)C)[C@@H](O)C[C@@H](C)C(=O)NC(C(=O)NCc1ccncc1)C(C)C)C(=O)O. The Morgan fingerprint density at radius 1 is 0.940 bits per heavy atom. The van der Waals surface area contributed by atoms with Crippen molar-refractivity contribution in [3.05, 3.63) is 47.5 Å². The molecule has 2 rings (SSSR count). The van der Waals surface area contributed by atoms with Gasteiger partial charge in [-0.1, -0.05) is 41.5 Å². The van der Waals surface area contributed by atoms with Crippen molar-refractivity contribution in [2.75, 3.05) is 6.54 Å². The minimum absolute atomic E-state index is 0.0118. The van der Waals surface area contributed by atoms with Crippen LogP contribution in [0.4, 0.5) is 4.79 Å². The fraction of sp³-hybridized carbons (Fsp3) is 0.629. The number of carbonyl (C=O) groups is 5. The summed E-state index contributed by atoms with van der Waals surface area (Å²) in [5.74, 6) is -3.13. The highest BCUT2D eigenvalue weighted by Crippen LogP contribution is 2.17. The molecule has 5 atom stereocenters. The predicted molar refractivity (Wildman–Crippen MR) is 187 cm³/mol. The molecular formula is C35H56N8O7. The van der Waals surface area contributed by atoms with Crippen molar-refractivity contribution in [2.24, 2.45) is 23.7 Å². The number of aromatic nitrogens is 3. The van der Waals surface area contributed by atoms with Gasteiger partial charge >= 0.3 is 6.09 Å². The molecule has 2 aromatic heterocycles. The minimum atomic E-state index is -1.42. The maximum absolute atomic E-state index is 13.2. The number of aliphatic hydroxyl groups excluding tert-OH is 1. The highest BCUT2D eigenvalue weighted by Gasteiger charge is 2.30. The fourth-order valence-electron chi connectivity index (χ4n) is 5.47. The number of hydrogen-bond acceptors (Lipinski definition) is 8. The number of hydrogen-bond donors (Lipinski definition) is 6. The zero-order valence-electron chi connectivity index (χ0n) is 30.6. The van der Waals surface area contributed by atoms with E-state index in [1.54, 1.807) is 36.1 Å². The summed E-state index contributed by atoms with van der Waals surface area (Å²) in [6.07, 6.45) is 1.32. The van der Waals surface area contributed by atoms with Crippen LogP contribution in [0.2, 0.25) is 0 Å². The van der Waals surface area contributed by atoms with Gasteiger partial charge < -0.3 is 26.2 Å². The molecule has 278 valence electrons. The molecule has 6 N–H and O–H groups in total. The highest BCUT2D eigenvalue weighted by molar-refractivity contribution is 5.88. The van der Waals surface area contributed by atoms with E-state index in [9.17, 15) is 34.2 Å². The summed E-state index contributed by atoms with van der Waals surface area (Å²) < 4.78 is 1.71. The van der Waals surface area contributed by atoms with Crippen LogP contribution in [-0.4, -0.2) is 84.4 Å². The summed E-state index contributed by atoms with van der Waals surface area (Å²) in [6, 6.07) is 3.95. The van der Waals surface area contributed by atoms with Crippen molar-refractivity contribution in [3.8, 4) is 0 Å². The molecule has 0 saturated heterocycles. The molecule has 0 aromatic carbocycles. The zero-order valence-corrected chi connectivity index (χ0v) is 30.6. The molecule has 0 spiro atoms. The molecule has 15 heteroatoms. The van der Waals surface area contributed by atoms with Crippen molar-refractivity contribution in [1.82, 2.24) is 41.1 Å². The van der Waals surface area contributed by atoms with Crippen molar-refractivity contribution >= 4 is 29.7 Å². The monoisotopic (exact) mass is 700 g/mol. The average molecular weight is 701 g/mol. The number of aliphatic hydroxyl groups is 1. The lowest BCUT2D eigenvalue weighted by molar-refractivity contribution is -0.132. The molecule has 2 heterocycles. The van der Waals surface area contributed by atoms with E-state index in [1.807, 2.05) is 54.5 Å². The summed E-state index contributed by atoms with van der Waals surface area (Å²) in [7, 11) is 0. The zero-order chi connectivity index (χ0) is 37.5. The van der Waals surface area contributed by atoms with E-state index in [4.69, 9.17) is 0 Å². The van der Waals surface area contributed by atoms with Gasteiger partial charge in [0.25, 0.3) is 0 Å². The molecule has 0 radical (unpaired) electrons. The van der Waals surface area contributed by atoms with Crippen LogP contribution in [0.25, 0.3) is 0 Å². The van der Waals surface area contributed by atoms with Crippen molar-refractivity contribution in [3.63, 3.8) is 0 Å². The summed E-state index contributed by atoms with van der Waals surface area (Å²) in [5, 5.41) is 34.4. The Morgan fingerprint density at radius 2 is 1.60 bits per heavy atom. The summed E-state index contributed by atoms with van der Waals surface area (Å²) in [5.41, 5.74) is 4.98. The second-order valence-electron chi connectivity index (χ2n) is 13.7. The van der Waals surface area contributed by atoms with Crippen LogP contribution in [0.5, 0.6) is 0 Å². The van der Waals surface area contributed by atoms with Gasteiger partial charge in [0.05, 0.1) is 36.8 Å². The van der Waals surface area contributed by atoms with Crippen molar-refractivity contribution < 1.29 is 34.2 Å². The Morgan fingerprint density at radius 3 is 2.14 bits per heavy atom. The van der Waals surface area contributed by atoms with Gasteiger partial charge in [-0.05, 0) is 68.7 Å². The smallest absolute Gasteiger partial charge is 0.426 e. The van der Waals surface area contributed by atoms with Gasteiger partial charge in [-0.2, -0.15) is 5.10 Å². The summed E-state index contributed by atoms with van der Waals surface area (Å²) in [4.78, 5) is 68.0. The van der Waals surface area contributed by atoms with Crippen molar-refractivity contribution in [1.29, 1.82) is 0 Å². The number of aryl methyl sites for hydroxylation is 2. The Hall–Kier alpha value is -4.53. The molecule has 0 aliphatic carbocycles. The first kappa shape index (κ1) is 41.6. The molecular weight excluding hydrogens is 644 g/mol. The summed E-state index contributed by atoms with van der Waals surface area (Å²) in [6.45, 7) is 14.9. The molecule has 0 fully saturated rings. The number of amides is 5. The lowest BCUT2D eigenvalue weighted by atomic mass is 9.92. The van der Waals surface area contributed by atoms with Gasteiger partial charge in [0.1, 0.15) is 6.04 Å². The number of pyridine rings is 1. The van der Waals surface area contributed by atoms with Crippen molar-refractivity contribution in [2.45, 2.75) is 112 Å². The van der Waals surface area contributed by atoms with Gasteiger partial charge in [0.2, 0.25) is 23.6 Å². The van der Waals surface area contributed by atoms with Gasteiger partial charge in [-0.3, -0.25) is 34.3 Å². The third kappa shape index (κ3) is 13.8. The van der Waals surface area contributed by atoms with Gasteiger partial charge in [0, 0.05) is 37.0 Å². The van der Waals surface area contributed by atoms with Gasteiger partial charge in [0.15, 0.2) is 0 Å². The number of hydrazine groups is 1. The first-order valence-electron chi connectivity index (χ1n) is 17.3. The normalized spacial score (nSPS) is 14.3. The Labute approximate surface area is 294 Å². The van der Waals surface area contributed by atoms with E-state index in [-0.39, 0.29) is 50.2 Å². The predicted octanol–water partition coefficient (Wildman–Crippen LogP) is 2.70. The molecule has 0 aliphatic rings. The fourth-order valence-corrected chi connectivity index (χ4v) is 5.47. The Balaban J connectivity index is 1.96. The largest absolute Gasteiger partial charge is 0.464 e. The second-order valence-corrected chi connectivity index (χ2v) is 13.7. The maximum Gasteiger partial charge on any atom is 0.426 e. The van der Waals surface area contributed by atoms with Crippen LogP contribution >= 0.6 is 0 Å². The molecule has 0 aliphatic heterocycles. The second kappa shape index (κ2) is 20.2. The van der Waals surface area contributed by atoms with E-state index in [0.29, 0.717) is 17.9 Å². The molecule has 0 saturated carbocycles. The third-order valence-corrected chi connectivity index (χ3v) is 8.44. The average Bonchev–Trinajstić information content (AvgIpc) is 3.37. The molecule has 50 heavy (non-hydrogen) atoms. The number of carbonyl (C=O) groups excluding carboxylic acids is 4. The molecule has 2 aromatic rings. The topological polar surface area (TPSA) is 208 Å². The van der Waals surface area contributed by atoms with E-state index >= 15 is 0 Å². The van der Waals surface area contributed by atoms with Gasteiger partial charge in [-0.25, -0.2) is 9.80 Å². The Bertz CT molecular complexity index is 1410. The highest BCUT2D eigenvalue weighted by atomic mass is 16.4. The standard InChI is InChI=1S/C35H56N8O7/c1-9-27(20-43-25(8)18-24(7)40-43)33(47)41-42(35(49)50)15-12-30(45)38-28(16-21(2)3)29(44)17-23(6)32(46)39-31(22(4)5)34(48)37-19-26-10-13-36-14-11-26/h10-11,13-14,18,21-23,27-29,31,44H,9,12,15-17,19-20H2,1-8H3,(H,37,48)(H,38,45)(H,39,46)(H,41,47)(H,49,50)/t23-,27?,28+,29+,31?/m1/s1. The maximum atomic E-state index is 13.2. The van der Waals surface area contributed by atoms with E-state index in [2.05, 4.69) is 31.5 Å². The first-order valence-corrected chi connectivity index (χ1v) is 17.3. The minimum Gasteiger partial charge on any atom is -0.464 e. The number of nitrogens with one attached hydrogen (secondary N) is 4. The Kier molecular flexibility index (Phi) is 16.8. The first-order chi connectivity index (χ1) is 23.5. The van der Waals surface area contributed by atoms with E-state index in [1.165, 1.54) is 0 Å². The van der Waals surface area contributed by atoms with Crippen LogP contribution in [0, 0.1) is 37.5 Å². The van der Waals surface area contributed by atoms with Crippen LogP contribution in [-0.2, 0) is 32.3 Å². The number of rotatable bonds is 19. The molecule has 15 nitrogen and oxygen atoms in total. The van der Waals surface area contributed by atoms with Crippen LogP contribution < -0.4 is 21.4 Å². The summed E-state index contributed by atoms with van der Waals surface area (Å²) >= 11 is 0. The van der Waals surface area contributed by atoms with Gasteiger partial charge in [-0.15, -0.1) is 0 Å². The molecule has 0 bridgehead atoms. The third-order valence-electron chi connectivity index (χ3n) is 8.44.